The van der Waals surface area contributed by atoms with Gasteiger partial charge in [-0.05, 0) is 31.2 Å². The standard InChI is InChI=1S/C17H10ClF5N4O4S/c1-8-15(16(28)25-32(29,30)12-5-9(19)4-10(20)6-12)24-26-27(8)14-3-2-11(7-13(14)18)31-17(21,22)23/h2-7H,1H3,(H,25,28). The van der Waals surface area contributed by atoms with Gasteiger partial charge in [0.05, 0.1) is 21.3 Å². The lowest BCUT2D eigenvalue weighted by Crippen LogP contribution is -2.31. The molecular weight excluding hydrogens is 487 g/mol. The van der Waals surface area contributed by atoms with E-state index >= 15 is 0 Å². The number of halogens is 6. The van der Waals surface area contributed by atoms with Crippen LogP contribution in [-0.4, -0.2) is 35.7 Å². The van der Waals surface area contributed by atoms with E-state index in [0.29, 0.717) is 18.2 Å². The van der Waals surface area contributed by atoms with Crippen LogP contribution in [0.25, 0.3) is 5.69 Å². The van der Waals surface area contributed by atoms with E-state index in [1.54, 1.807) is 4.72 Å². The minimum absolute atomic E-state index is 0.0142. The molecule has 1 N–H and O–H groups in total. The summed E-state index contributed by atoms with van der Waals surface area (Å²) in [4.78, 5) is 11.6. The Morgan fingerprint density at radius 3 is 2.31 bits per heavy atom. The summed E-state index contributed by atoms with van der Waals surface area (Å²) in [6, 6.07) is 4.37. The molecule has 3 rings (SSSR count). The summed E-state index contributed by atoms with van der Waals surface area (Å²) >= 11 is 5.97. The summed E-state index contributed by atoms with van der Waals surface area (Å²) in [6.45, 7) is 1.31. The molecule has 0 atom stereocenters. The third-order valence-electron chi connectivity index (χ3n) is 3.86. The number of aromatic nitrogens is 3. The molecule has 3 aromatic rings. The van der Waals surface area contributed by atoms with E-state index in [1.165, 1.54) is 6.92 Å². The predicted molar refractivity (Wildman–Crippen MR) is 98.8 cm³/mol. The van der Waals surface area contributed by atoms with E-state index in [4.69, 9.17) is 11.6 Å². The highest BCUT2D eigenvalue weighted by molar-refractivity contribution is 7.90. The molecule has 15 heteroatoms. The number of nitrogens with zero attached hydrogens (tertiary/aromatic N) is 3. The fraction of sp³-hybridized carbons (Fsp3) is 0.118. The van der Waals surface area contributed by atoms with Crippen LogP contribution in [0.1, 0.15) is 16.2 Å². The number of nitrogens with one attached hydrogen (secondary N) is 1. The Labute approximate surface area is 181 Å². The van der Waals surface area contributed by atoms with Crippen molar-refractivity contribution in [3.05, 3.63) is 64.4 Å². The molecule has 2 aromatic carbocycles. The van der Waals surface area contributed by atoms with E-state index in [9.17, 15) is 35.2 Å². The molecule has 0 saturated carbocycles. The summed E-state index contributed by atoms with van der Waals surface area (Å²) in [5, 5.41) is 6.95. The van der Waals surface area contributed by atoms with Crippen molar-refractivity contribution in [1.82, 2.24) is 19.7 Å². The highest BCUT2D eigenvalue weighted by Crippen LogP contribution is 2.30. The molecule has 0 saturated heterocycles. The molecule has 0 aliphatic rings. The molecule has 1 aromatic heterocycles. The Morgan fingerprint density at radius 2 is 1.75 bits per heavy atom. The first-order chi connectivity index (χ1) is 14.8. The first-order valence-corrected chi connectivity index (χ1v) is 10.1. The van der Waals surface area contributed by atoms with Gasteiger partial charge in [-0.15, -0.1) is 18.3 Å². The van der Waals surface area contributed by atoms with Crippen LogP contribution in [0.2, 0.25) is 5.02 Å². The average molecular weight is 497 g/mol. The van der Waals surface area contributed by atoms with Gasteiger partial charge in [-0.3, -0.25) is 4.79 Å². The van der Waals surface area contributed by atoms with Gasteiger partial charge >= 0.3 is 6.36 Å². The Kier molecular flexibility index (Phi) is 6.11. The fourth-order valence-electron chi connectivity index (χ4n) is 2.54. The molecule has 1 heterocycles. The summed E-state index contributed by atoms with van der Waals surface area (Å²) in [5.41, 5.74) is -0.507. The molecule has 0 radical (unpaired) electrons. The number of amides is 1. The van der Waals surface area contributed by atoms with Crippen LogP contribution < -0.4 is 9.46 Å². The number of ether oxygens (including phenoxy) is 1. The molecule has 8 nitrogen and oxygen atoms in total. The lowest BCUT2D eigenvalue weighted by Gasteiger charge is -2.11. The number of alkyl halides is 3. The van der Waals surface area contributed by atoms with Crippen molar-refractivity contribution < 1.29 is 39.9 Å². The molecule has 0 aliphatic heterocycles. The third kappa shape index (κ3) is 5.13. The van der Waals surface area contributed by atoms with Gasteiger partial charge in [-0.2, -0.15) is 0 Å². The number of carbonyl (C=O) groups is 1. The van der Waals surface area contributed by atoms with Gasteiger partial charge in [0.1, 0.15) is 17.4 Å². The van der Waals surface area contributed by atoms with Gasteiger partial charge < -0.3 is 4.74 Å². The van der Waals surface area contributed by atoms with Crippen molar-refractivity contribution in [3.8, 4) is 11.4 Å². The predicted octanol–water partition coefficient (Wildman–Crippen LogP) is 3.52. The van der Waals surface area contributed by atoms with E-state index in [2.05, 4.69) is 15.0 Å². The van der Waals surface area contributed by atoms with E-state index in [1.807, 2.05) is 0 Å². The van der Waals surface area contributed by atoms with Gasteiger partial charge in [0.25, 0.3) is 15.9 Å². The Morgan fingerprint density at radius 1 is 1.12 bits per heavy atom. The van der Waals surface area contributed by atoms with Crippen LogP contribution in [-0.2, 0) is 10.0 Å². The number of benzene rings is 2. The van der Waals surface area contributed by atoms with Crippen LogP contribution in [0.3, 0.4) is 0 Å². The minimum Gasteiger partial charge on any atom is -0.406 e. The Balaban J connectivity index is 1.88. The largest absolute Gasteiger partial charge is 0.573 e. The number of hydrogen-bond donors (Lipinski definition) is 1. The van der Waals surface area contributed by atoms with Crippen molar-refractivity contribution >= 4 is 27.5 Å². The Hall–Kier alpha value is -3.26. The summed E-state index contributed by atoms with van der Waals surface area (Å²) in [7, 11) is -4.66. The second-order valence-electron chi connectivity index (χ2n) is 6.14. The molecule has 0 unspecified atom stereocenters. The van der Waals surface area contributed by atoms with Crippen LogP contribution >= 0.6 is 11.6 Å². The minimum atomic E-state index is -4.94. The molecule has 0 spiro atoms. The van der Waals surface area contributed by atoms with Gasteiger partial charge in [-0.25, -0.2) is 26.6 Å². The maximum atomic E-state index is 13.3. The molecule has 1 amide bonds. The molecular formula is C17H10ClF5N4O4S. The molecule has 0 aliphatic carbocycles. The zero-order chi connectivity index (χ0) is 23.8. The summed E-state index contributed by atoms with van der Waals surface area (Å²) < 4.78 is 94.5. The van der Waals surface area contributed by atoms with Crippen molar-refractivity contribution in [2.45, 2.75) is 18.2 Å². The lowest BCUT2D eigenvalue weighted by atomic mass is 10.2. The van der Waals surface area contributed by atoms with Crippen LogP contribution in [0.15, 0.2) is 41.3 Å². The Bertz CT molecular complexity index is 1290. The smallest absolute Gasteiger partial charge is 0.406 e. The van der Waals surface area contributed by atoms with Crippen molar-refractivity contribution in [3.63, 3.8) is 0 Å². The average Bonchev–Trinajstić information content (AvgIpc) is 3.01. The zero-order valence-electron chi connectivity index (χ0n) is 15.6. The first-order valence-electron chi connectivity index (χ1n) is 8.28. The number of sulfonamides is 1. The molecule has 170 valence electrons. The maximum Gasteiger partial charge on any atom is 0.573 e. The topological polar surface area (TPSA) is 103 Å². The maximum absolute atomic E-state index is 13.3. The summed E-state index contributed by atoms with van der Waals surface area (Å²) in [6.07, 6.45) is -4.94. The molecule has 0 fully saturated rings. The van der Waals surface area contributed by atoms with Crippen molar-refractivity contribution in [1.29, 1.82) is 0 Å². The van der Waals surface area contributed by atoms with Gasteiger partial charge in [-0.1, -0.05) is 16.8 Å². The highest BCUT2D eigenvalue weighted by Gasteiger charge is 2.31. The number of rotatable bonds is 5. The third-order valence-corrected chi connectivity index (χ3v) is 5.48. The lowest BCUT2D eigenvalue weighted by molar-refractivity contribution is -0.274. The van der Waals surface area contributed by atoms with E-state index in [-0.39, 0.29) is 16.4 Å². The van der Waals surface area contributed by atoms with Crippen molar-refractivity contribution in [2.75, 3.05) is 0 Å². The summed E-state index contributed by atoms with van der Waals surface area (Å²) in [5.74, 6) is -4.22. The number of hydrogen-bond acceptors (Lipinski definition) is 6. The normalized spacial score (nSPS) is 12.0. The quantitative estimate of drug-likeness (QED) is 0.542. The number of carbonyl (C=O) groups excluding carboxylic acids is 1. The van der Waals surface area contributed by atoms with Crippen LogP contribution in [0.5, 0.6) is 5.75 Å². The molecule has 32 heavy (non-hydrogen) atoms. The van der Waals surface area contributed by atoms with Crippen LogP contribution in [0, 0.1) is 18.6 Å². The zero-order valence-corrected chi connectivity index (χ0v) is 17.2. The SMILES string of the molecule is Cc1c(C(=O)NS(=O)(=O)c2cc(F)cc(F)c2)nnn1-c1ccc(OC(F)(F)F)cc1Cl. The van der Waals surface area contributed by atoms with Crippen LogP contribution in [0.4, 0.5) is 22.0 Å². The second kappa shape index (κ2) is 8.35. The first kappa shape index (κ1) is 23.4. The second-order valence-corrected chi connectivity index (χ2v) is 8.23. The highest BCUT2D eigenvalue weighted by atomic mass is 35.5. The van der Waals surface area contributed by atoms with Crippen molar-refractivity contribution in [2.24, 2.45) is 0 Å². The fourth-order valence-corrected chi connectivity index (χ4v) is 3.78. The van der Waals surface area contributed by atoms with Gasteiger partial charge in [0.2, 0.25) is 0 Å². The van der Waals surface area contributed by atoms with E-state index < -0.39 is 50.3 Å². The monoisotopic (exact) mass is 496 g/mol. The molecule has 0 bridgehead atoms. The van der Waals surface area contributed by atoms with E-state index in [0.717, 1.165) is 22.9 Å². The van der Waals surface area contributed by atoms with Gasteiger partial charge in [0, 0.05) is 12.1 Å². The van der Waals surface area contributed by atoms with Gasteiger partial charge in [0.15, 0.2) is 5.69 Å².